The molecule has 0 unspecified atom stereocenters. The van der Waals surface area contributed by atoms with Crippen LogP contribution in [0.15, 0.2) is 29.5 Å². The van der Waals surface area contributed by atoms with E-state index in [4.69, 9.17) is 0 Å². The van der Waals surface area contributed by atoms with Crippen molar-refractivity contribution in [3.05, 3.63) is 36.5 Å². The highest BCUT2D eigenvalue weighted by molar-refractivity contribution is 5.28. The van der Waals surface area contributed by atoms with Gasteiger partial charge in [-0.15, -0.1) is 5.73 Å². The lowest BCUT2D eigenvalue weighted by molar-refractivity contribution is 0.846. The van der Waals surface area contributed by atoms with Crippen molar-refractivity contribution in [2.24, 2.45) is 0 Å². The molecule has 0 aromatic rings. The summed E-state index contributed by atoms with van der Waals surface area (Å²) in [5.41, 5.74) is 4.46. The number of rotatable bonds is 3. The Hall–Kier alpha value is -0.740. The Balaban J connectivity index is 2.29. The lowest BCUT2D eigenvalue weighted by Crippen LogP contribution is -1.73. The van der Waals surface area contributed by atoms with Gasteiger partial charge >= 0.3 is 0 Å². The number of unbranched alkanes of at least 4 members (excludes halogenated alkanes) is 1. The zero-order valence-corrected chi connectivity index (χ0v) is 5.56. The van der Waals surface area contributed by atoms with E-state index in [1.54, 1.807) is 0 Å². The molecule has 0 aromatic heterocycles. The standard InChI is InChI=1S/C9H11/c1-2-3-6-9-7-4-5-8-9/h4-5,7H,1-3,6H2/q-1. The van der Waals surface area contributed by atoms with Gasteiger partial charge in [0.2, 0.25) is 0 Å². The van der Waals surface area contributed by atoms with Crippen LogP contribution in [0.1, 0.15) is 19.3 Å². The fraction of sp³-hybridized carbons (Fsp3) is 0.333. The van der Waals surface area contributed by atoms with Crippen LogP contribution in [0.3, 0.4) is 0 Å². The SMILES string of the molecule is [CH2-]CCCC1=C=CC=C1. The summed E-state index contributed by atoms with van der Waals surface area (Å²) < 4.78 is 0. The van der Waals surface area contributed by atoms with Gasteiger partial charge in [-0.25, -0.2) is 0 Å². The second-order valence-electron chi connectivity index (χ2n) is 2.15. The number of allylic oxidation sites excluding steroid dienone is 3. The minimum Gasteiger partial charge on any atom is -0.343 e. The molecule has 1 aliphatic carbocycles. The smallest absolute Gasteiger partial charge is 0.00611 e. The minimum absolute atomic E-state index is 1.03. The van der Waals surface area contributed by atoms with Gasteiger partial charge in [-0.1, -0.05) is 18.6 Å². The van der Waals surface area contributed by atoms with E-state index in [0.717, 1.165) is 12.8 Å². The van der Waals surface area contributed by atoms with Gasteiger partial charge in [-0.05, 0) is 18.1 Å². The molecule has 0 heteroatoms. The van der Waals surface area contributed by atoms with Gasteiger partial charge in [0.25, 0.3) is 0 Å². The van der Waals surface area contributed by atoms with E-state index in [2.05, 4.69) is 18.7 Å². The predicted octanol–water partition coefficient (Wildman–Crippen LogP) is 2.64. The number of hydrogen-bond donors (Lipinski definition) is 0. The second-order valence-corrected chi connectivity index (χ2v) is 2.15. The Morgan fingerprint density at radius 2 is 2.44 bits per heavy atom. The van der Waals surface area contributed by atoms with Crippen molar-refractivity contribution in [3.8, 4) is 0 Å². The van der Waals surface area contributed by atoms with Crippen LogP contribution in [0, 0.1) is 6.92 Å². The minimum atomic E-state index is 1.03. The molecule has 0 aromatic carbocycles. The third-order valence-electron chi connectivity index (χ3n) is 1.36. The summed E-state index contributed by atoms with van der Waals surface area (Å²) in [5, 5.41) is 0. The zero-order valence-electron chi connectivity index (χ0n) is 5.56. The fourth-order valence-corrected chi connectivity index (χ4v) is 0.838. The first kappa shape index (κ1) is 6.38. The molecule has 0 radical (unpaired) electrons. The maximum atomic E-state index is 3.77. The highest BCUT2D eigenvalue weighted by Crippen LogP contribution is 2.09. The van der Waals surface area contributed by atoms with Crippen LogP contribution in [0.2, 0.25) is 0 Å². The van der Waals surface area contributed by atoms with E-state index in [1.807, 2.05) is 12.2 Å². The lowest BCUT2D eigenvalue weighted by Gasteiger charge is -1.95. The van der Waals surface area contributed by atoms with Crippen LogP contribution in [0.4, 0.5) is 0 Å². The summed E-state index contributed by atoms with van der Waals surface area (Å²) >= 11 is 0. The normalized spacial score (nSPS) is 14.6. The first-order valence-corrected chi connectivity index (χ1v) is 3.35. The quantitative estimate of drug-likeness (QED) is 0.395. The predicted molar refractivity (Wildman–Crippen MR) is 39.9 cm³/mol. The largest absolute Gasteiger partial charge is 0.343 e. The van der Waals surface area contributed by atoms with E-state index in [0.29, 0.717) is 0 Å². The van der Waals surface area contributed by atoms with Crippen LogP contribution in [-0.2, 0) is 0 Å². The number of hydrogen-bond acceptors (Lipinski definition) is 0. The Bertz CT molecular complexity index is 166. The van der Waals surface area contributed by atoms with Crippen molar-refractivity contribution in [1.82, 2.24) is 0 Å². The van der Waals surface area contributed by atoms with E-state index in [9.17, 15) is 0 Å². The molecule has 0 nitrogen and oxygen atoms in total. The van der Waals surface area contributed by atoms with Crippen molar-refractivity contribution in [2.75, 3.05) is 0 Å². The van der Waals surface area contributed by atoms with Crippen LogP contribution in [-0.4, -0.2) is 0 Å². The molecule has 0 saturated heterocycles. The topological polar surface area (TPSA) is 0 Å². The van der Waals surface area contributed by atoms with Crippen LogP contribution in [0.25, 0.3) is 0 Å². The molecule has 1 rings (SSSR count). The maximum Gasteiger partial charge on any atom is -0.00611 e. The van der Waals surface area contributed by atoms with Gasteiger partial charge in [-0.2, -0.15) is 6.42 Å². The molecule has 0 saturated carbocycles. The van der Waals surface area contributed by atoms with Gasteiger partial charge in [0.1, 0.15) is 0 Å². The van der Waals surface area contributed by atoms with Crippen molar-refractivity contribution >= 4 is 0 Å². The molecule has 48 valence electrons. The van der Waals surface area contributed by atoms with Gasteiger partial charge in [0, 0.05) is 0 Å². The molecular formula is C9H11-. The van der Waals surface area contributed by atoms with E-state index in [-0.39, 0.29) is 0 Å². The summed E-state index contributed by atoms with van der Waals surface area (Å²) in [4.78, 5) is 0. The first-order valence-electron chi connectivity index (χ1n) is 3.35. The zero-order chi connectivity index (χ0) is 6.53. The Morgan fingerprint density at radius 3 is 3.00 bits per heavy atom. The highest BCUT2D eigenvalue weighted by Gasteiger charge is 1.90. The lowest BCUT2D eigenvalue weighted by atomic mass is 10.1. The summed E-state index contributed by atoms with van der Waals surface area (Å²) in [7, 11) is 0. The molecule has 0 aliphatic heterocycles. The average molecular weight is 119 g/mol. The van der Waals surface area contributed by atoms with E-state index >= 15 is 0 Å². The van der Waals surface area contributed by atoms with Gasteiger partial charge in [0.05, 0.1) is 0 Å². The van der Waals surface area contributed by atoms with Crippen LogP contribution >= 0.6 is 0 Å². The molecule has 0 bridgehead atoms. The maximum absolute atomic E-state index is 3.77. The highest BCUT2D eigenvalue weighted by atomic mass is 14.0. The van der Waals surface area contributed by atoms with Gasteiger partial charge in [0.15, 0.2) is 0 Å². The third kappa shape index (κ3) is 1.91. The summed E-state index contributed by atoms with van der Waals surface area (Å²) in [6.45, 7) is 3.77. The summed E-state index contributed by atoms with van der Waals surface area (Å²) in [5.74, 6) is 0. The molecule has 1 aliphatic rings. The third-order valence-corrected chi connectivity index (χ3v) is 1.36. The first-order chi connectivity index (χ1) is 4.43. The molecule has 0 fully saturated rings. The Morgan fingerprint density at radius 1 is 1.56 bits per heavy atom. The monoisotopic (exact) mass is 119 g/mol. The Kier molecular flexibility index (Phi) is 2.35. The molecule has 9 heavy (non-hydrogen) atoms. The van der Waals surface area contributed by atoms with Crippen molar-refractivity contribution in [3.63, 3.8) is 0 Å². The van der Waals surface area contributed by atoms with Crippen LogP contribution < -0.4 is 0 Å². The average Bonchev–Trinajstić information content (AvgIpc) is 2.34. The summed E-state index contributed by atoms with van der Waals surface area (Å²) in [6, 6.07) is 0. The van der Waals surface area contributed by atoms with Gasteiger partial charge in [-0.3, -0.25) is 0 Å². The van der Waals surface area contributed by atoms with Gasteiger partial charge < -0.3 is 6.92 Å². The molecule has 0 heterocycles. The molecule has 0 spiro atoms. The second kappa shape index (κ2) is 3.32. The van der Waals surface area contributed by atoms with Crippen LogP contribution in [0.5, 0.6) is 0 Å². The fourth-order valence-electron chi connectivity index (χ4n) is 0.838. The Labute approximate surface area is 56.6 Å². The summed E-state index contributed by atoms with van der Waals surface area (Å²) in [6.07, 6.45) is 9.43. The molecular weight excluding hydrogens is 108 g/mol. The van der Waals surface area contributed by atoms with E-state index < -0.39 is 0 Å². The van der Waals surface area contributed by atoms with Crippen molar-refractivity contribution < 1.29 is 0 Å². The van der Waals surface area contributed by atoms with Crippen molar-refractivity contribution in [2.45, 2.75) is 19.3 Å². The van der Waals surface area contributed by atoms with Crippen molar-refractivity contribution in [1.29, 1.82) is 0 Å². The molecule has 0 atom stereocenters. The molecule has 0 amide bonds. The van der Waals surface area contributed by atoms with E-state index in [1.165, 1.54) is 12.0 Å². The molecule has 0 N–H and O–H groups in total.